The Morgan fingerprint density at radius 3 is 2.69 bits per heavy atom. The van der Waals surface area contributed by atoms with E-state index in [9.17, 15) is 13.2 Å². The molecule has 4 heterocycles. The highest BCUT2D eigenvalue weighted by atomic mass is 19.4. The number of hydrogen-bond acceptors (Lipinski definition) is 7. The van der Waals surface area contributed by atoms with Crippen LogP contribution in [0.1, 0.15) is 36.2 Å². The van der Waals surface area contributed by atoms with Gasteiger partial charge in [-0.05, 0) is 32.2 Å². The van der Waals surface area contributed by atoms with Crippen LogP contribution in [-0.2, 0) is 23.1 Å². The molecular formula is C17H22F3N5O4. The Kier molecular flexibility index (Phi) is 6.22. The molecule has 160 valence electrons. The molecule has 0 amide bonds. The molecule has 2 aliphatic rings. The minimum absolute atomic E-state index is 0.0328. The third-order valence-corrected chi connectivity index (χ3v) is 4.86. The molecule has 2 fully saturated rings. The smallest absolute Gasteiger partial charge is 0.475 e. The third kappa shape index (κ3) is 5.54. The number of ether oxygens (including phenoxy) is 1. The fourth-order valence-electron chi connectivity index (χ4n) is 3.55. The summed E-state index contributed by atoms with van der Waals surface area (Å²) < 4.78 is 45.0. The second-order valence-corrected chi connectivity index (χ2v) is 7.19. The van der Waals surface area contributed by atoms with Gasteiger partial charge in [-0.1, -0.05) is 5.16 Å². The summed E-state index contributed by atoms with van der Waals surface area (Å²) in [5, 5.41) is 15.2. The minimum Gasteiger partial charge on any atom is -0.475 e. The molecule has 4 rings (SSSR count). The lowest BCUT2D eigenvalue weighted by atomic mass is 9.91. The number of halogens is 3. The molecule has 2 aromatic heterocycles. The lowest BCUT2D eigenvalue weighted by molar-refractivity contribution is -0.192. The molecule has 3 atom stereocenters. The van der Waals surface area contributed by atoms with Crippen molar-refractivity contribution in [2.75, 3.05) is 13.1 Å². The zero-order valence-corrected chi connectivity index (χ0v) is 16.0. The summed E-state index contributed by atoms with van der Waals surface area (Å²) in [6, 6.07) is 0. The monoisotopic (exact) mass is 417 g/mol. The maximum atomic E-state index is 10.6. The number of alkyl halides is 3. The van der Waals surface area contributed by atoms with Crippen LogP contribution >= 0.6 is 0 Å². The highest BCUT2D eigenvalue weighted by Crippen LogP contribution is 2.40. The van der Waals surface area contributed by atoms with Gasteiger partial charge in [0.2, 0.25) is 0 Å². The number of nitrogens with zero attached hydrogens (tertiary/aromatic N) is 5. The van der Waals surface area contributed by atoms with Crippen molar-refractivity contribution in [1.82, 2.24) is 24.8 Å². The van der Waals surface area contributed by atoms with Gasteiger partial charge in [-0.2, -0.15) is 23.3 Å². The van der Waals surface area contributed by atoms with Crippen LogP contribution in [0.2, 0.25) is 0 Å². The summed E-state index contributed by atoms with van der Waals surface area (Å²) in [5.74, 6) is -0.854. The summed E-state index contributed by atoms with van der Waals surface area (Å²) in [4.78, 5) is 15.7. The van der Waals surface area contributed by atoms with Crippen molar-refractivity contribution < 1.29 is 32.3 Å². The zero-order valence-electron chi connectivity index (χ0n) is 16.0. The lowest BCUT2D eigenvalue weighted by Gasteiger charge is -2.33. The number of hydrogen-bond donors (Lipinski definition) is 1. The molecule has 2 aliphatic heterocycles. The van der Waals surface area contributed by atoms with Crippen LogP contribution in [-0.4, -0.2) is 61.3 Å². The second-order valence-electron chi connectivity index (χ2n) is 7.19. The number of rotatable bonds is 3. The van der Waals surface area contributed by atoms with E-state index < -0.39 is 12.1 Å². The highest BCUT2D eigenvalue weighted by molar-refractivity contribution is 5.73. The lowest BCUT2D eigenvalue weighted by Crippen LogP contribution is -2.41. The Labute approximate surface area is 164 Å². The van der Waals surface area contributed by atoms with Gasteiger partial charge in [-0.15, -0.1) is 0 Å². The first kappa shape index (κ1) is 21.2. The van der Waals surface area contributed by atoms with Gasteiger partial charge in [0.25, 0.3) is 5.89 Å². The summed E-state index contributed by atoms with van der Waals surface area (Å²) >= 11 is 0. The molecule has 9 nitrogen and oxygen atoms in total. The molecule has 0 unspecified atom stereocenters. The third-order valence-electron chi connectivity index (χ3n) is 4.86. The van der Waals surface area contributed by atoms with E-state index in [1.807, 2.05) is 24.9 Å². The van der Waals surface area contributed by atoms with Crippen LogP contribution in [0.4, 0.5) is 13.2 Å². The number of aromatic nitrogens is 4. The van der Waals surface area contributed by atoms with Crippen LogP contribution in [0, 0.1) is 12.8 Å². The normalized spacial score (nSPS) is 24.7. The van der Waals surface area contributed by atoms with Crippen molar-refractivity contribution in [2.45, 2.75) is 44.7 Å². The van der Waals surface area contributed by atoms with Crippen molar-refractivity contribution in [1.29, 1.82) is 0 Å². The summed E-state index contributed by atoms with van der Waals surface area (Å²) in [6.07, 6.45) is 1.32. The minimum atomic E-state index is -5.08. The van der Waals surface area contributed by atoms with Gasteiger partial charge in [-0.3, -0.25) is 9.58 Å². The predicted octanol–water partition coefficient (Wildman–Crippen LogP) is 2.10. The van der Waals surface area contributed by atoms with Crippen LogP contribution in [0.3, 0.4) is 0 Å². The van der Waals surface area contributed by atoms with E-state index in [4.69, 9.17) is 19.2 Å². The molecule has 2 aromatic rings. The number of aliphatic carboxylic acids is 1. The Morgan fingerprint density at radius 1 is 1.41 bits per heavy atom. The van der Waals surface area contributed by atoms with Gasteiger partial charge < -0.3 is 14.4 Å². The molecule has 1 N–H and O–H groups in total. The number of carboxylic acid groups (broad SMARTS) is 1. The summed E-state index contributed by atoms with van der Waals surface area (Å²) in [7, 11) is 1.95. The Hall–Kier alpha value is -2.47. The summed E-state index contributed by atoms with van der Waals surface area (Å²) in [6.45, 7) is 4.84. The first-order valence-electron chi connectivity index (χ1n) is 9.07. The van der Waals surface area contributed by atoms with Crippen molar-refractivity contribution in [3.63, 3.8) is 0 Å². The van der Waals surface area contributed by atoms with Crippen LogP contribution in [0.25, 0.3) is 0 Å². The number of likely N-dealkylation sites (tertiary alicyclic amines) is 1. The fourth-order valence-corrected chi connectivity index (χ4v) is 3.55. The van der Waals surface area contributed by atoms with Gasteiger partial charge in [0.1, 0.15) is 6.10 Å². The molecule has 0 aliphatic carbocycles. The Balaban J connectivity index is 0.000000298. The van der Waals surface area contributed by atoms with Crippen molar-refractivity contribution in [3.05, 3.63) is 29.7 Å². The summed E-state index contributed by atoms with van der Waals surface area (Å²) in [5.41, 5.74) is 1.25. The Morgan fingerprint density at radius 2 is 2.14 bits per heavy atom. The van der Waals surface area contributed by atoms with E-state index in [0.717, 1.165) is 32.5 Å². The van der Waals surface area contributed by atoms with Gasteiger partial charge in [0.05, 0.1) is 12.3 Å². The first-order chi connectivity index (χ1) is 13.6. The fraction of sp³-hybridized carbons (Fsp3) is 0.647. The average molecular weight is 417 g/mol. The van der Waals surface area contributed by atoms with E-state index in [1.165, 1.54) is 5.56 Å². The average Bonchev–Trinajstić information content (AvgIpc) is 3.34. The van der Waals surface area contributed by atoms with E-state index in [1.54, 1.807) is 0 Å². The largest absolute Gasteiger partial charge is 0.490 e. The van der Waals surface area contributed by atoms with E-state index >= 15 is 0 Å². The van der Waals surface area contributed by atoms with Gasteiger partial charge in [0, 0.05) is 31.9 Å². The van der Waals surface area contributed by atoms with Gasteiger partial charge >= 0.3 is 12.1 Å². The topological polar surface area (TPSA) is 107 Å². The number of fused-ring (bicyclic) bond motifs is 1. The maximum absolute atomic E-state index is 10.6. The quantitative estimate of drug-likeness (QED) is 0.809. The zero-order chi connectivity index (χ0) is 21.2. The molecule has 0 spiro atoms. The predicted molar refractivity (Wildman–Crippen MR) is 91.5 cm³/mol. The molecule has 2 saturated heterocycles. The number of piperidine rings is 1. The molecule has 29 heavy (non-hydrogen) atoms. The Bertz CT molecular complexity index is 837. The molecule has 0 aromatic carbocycles. The number of aryl methyl sites for hydroxylation is 2. The van der Waals surface area contributed by atoms with Gasteiger partial charge in [-0.25, -0.2) is 4.79 Å². The van der Waals surface area contributed by atoms with Crippen molar-refractivity contribution >= 4 is 5.97 Å². The van der Waals surface area contributed by atoms with E-state index in [-0.39, 0.29) is 12.2 Å². The van der Waals surface area contributed by atoms with Crippen LogP contribution in [0.15, 0.2) is 16.9 Å². The molecule has 12 heteroatoms. The number of carboxylic acids is 1. The standard InChI is InChI=1S/C15H21N5O2.C2HF3O2/c1-10-17-15(22-18-10)13-5-12-3-4-20(9-14(12)21-13)8-11-6-16-19(2)7-11;3-2(4,5)1(6)7/h6-7,12-14H,3-5,8-9H2,1-2H3;(H,6,7)/t12-,13+,14+;/m0./s1. The SMILES string of the molecule is Cc1noc([C@H]2C[C@@H]3CCN(Cc4cnn(C)c4)C[C@H]3O2)n1.O=C(O)C(F)(F)F. The highest BCUT2D eigenvalue weighted by Gasteiger charge is 2.41. The molecule has 0 bridgehead atoms. The first-order valence-corrected chi connectivity index (χ1v) is 9.07. The molecule has 0 radical (unpaired) electrons. The molecule has 0 saturated carbocycles. The van der Waals surface area contributed by atoms with Crippen LogP contribution < -0.4 is 0 Å². The van der Waals surface area contributed by atoms with E-state index in [2.05, 4.69) is 26.3 Å². The van der Waals surface area contributed by atoms with E-state index in [0.29, 0.717) is 17.6 Å². The van der Waals surface area contributed by atoms with Crippen molar-refractivity contribution in [2.24, 2.45) is 13.0 Å². The van der Waals surface area contributed by atoms with Crippen molar-refractivity contribution in [3.8, 4) is 0 Å². The maximum Gasteiger partial charge on any atom is 0.490 e. The second kappa shape index (κ2) is 8.49. The van der Waals surface area contributed by atoms with Crippen LogP contribution in [0.5, 0.6) is 0 Å². The molecular weight excluding hydrogens is 395 g/mol. The number of carbonyl (C=O) groups is 1. The van der Waals surface area contributed by atoms with Gasteiger partial charge in [0.15, 0.2) is 5.82 Å².